The summed E-state index contributed by atoms with van der Waals surface area (Å²) in [5, 5.41) is 3.21. The third-order valence-electron chi connectivity index (χ3n) is 3.31. The minimum absolute atomic E-state index is 0. The zero-order valence-electron chi connectivity index (χ0n) is 10.9. The van der Waals surface area contributed by atoms with Crippen LogP contribution >= 0.6 is 12.4 Å². The molecule has 2 heterocycles. The highest BCUT2D eigenvalue weighted by molar-refractivity contribution is 5.85. The van der Waals surface area contributed by atoms with Crippen LogP contribution in [0.5, 0.6) is 0 Å². The first-order valence-corrected chi connectivity index (χ1v) is 6.52. The van der Waals surface area contributed by atoms with E-state index >= 15 is 0 Å². The third-order valence-corrected chi connectivity index (χ3v) is 3.31. The highest BCUT2D eigenvalue weighted by atomic mass is 35.5. The molecule has 106 valence electrons. The zero-order chi connectivity index (χ0) is 12.1. The van der Waals surface area contributed by atoms with E-state index in [0.29, 0.717) is 13.2 Å². The highest BCUT2D eigenvalue weighted by Gasteiger charge is 2.30. The second-order valence-corrected chi connectivity index (χ2v) is 4.59. The quantitative estimate of drug-likeness (QED) is 0.813. The van der Waals surface area contributed by atoms with E-state index < -0.39 is 0 Å². The van der Waals surface area contributed by atoms with Gasteiger partial charge >= 0.3 is 0 Å². The van der Waals surface area contributed by atoms with Crippen LogP contribution in [0, 0.1) is 0 Å². The Labute approximate surface area is 115 Å². The van der Waals surface area contributed by atoms with Crippen molar-refractivity contribution in [3.05, 3.63) is 0 Å². The molecule has 0 saturated carbocycles. The lowest BCUT2D eigenvalue weighted by atomic mass is 10.1. The first-order valence-electron chi connectivity index (χ1n) is 6.52. The molecular formula is C12H23ClN2O3. The van der Waals surface area contributed by atoms with Crippen molar-refractivity contribution in [1.82, 2.24) is 10.2 Å². The summed E-state index contributed by atoms with van der Waals surface area (Å²) in [4.78, 5) is 14.1. The fourth-order valence-electron chi connectivity index (χ4n) is 2.45. The predicted molar refractivity (Wildman–Crippen MR) is 71.1 cm³/mol. The smallest absolute Gasteiger partial charge is 0.242 e. The van der Waals surface area contributed by atoms with E-state index in [1.165, 1.54) is 0 Å². The largest absolute Gasteiger partial charge is 0.378 e. The van der Waals surface area contributed by atoms with Crippen molar-refractivity contribution in [2.45, 2.75) is 31.9 Å². The van der Waals surface area contributed by atoms with Gasteiger partial charge in [0.05, 0.1) is 19.3 Å². The molecule has 0 radical (unpaired) electrons. The fourth-order valence-corrected chi connectivity index (χ4v) is 2.45. The van der Waals surface area contributed by atoms with Gasteiger partial charge in [-0.3, -0.25) is 4.79 Å². The Hall–Kier alpha value is -0.360. The highest BCUT2D eigenvalue weighted by Crippen LogP contribution is 2.14. The summed E-state index contributed by atoms with van der Waals surface area (Å²) in [5.41, 5.74) is 0. The van der Waals surface area contributed by atoms with Crippen molar-refractivity contribution >= 4 is 18.3 Å². The molecule has 5 nitrogen and oxygen atoms in total. The van der Waals surface area contributed by atoms with Gasteiger partial charge in [-0.25, -0.2) is 0 Å². The number of ether oxygens (including phenoxy) is 2. The summed E-state index contributed by atoms with van der Waals surface area (Å²) < 4.78 is 10.9. The Balaban J connectivity index is 0.00000162. The maximum atomic E-state index is 12.2. The number of hydrogen-bond donors (Lipinski definition) is 1. The molecule has 2 rings (SSSR count). The van der Waals surface area contributed by atoms with Crippen LogP contribution < -0.4 is 5.32 Å². The number of piperidine rings is 1. The van der Waals surface area contributed by atoms with Crippen molar-refractivity contribution in [2.75, 3.05) is 39.5 Å². The summed E-state index contributed by atoms with van der Waals surface area (Å²) in [5.74, 6) is 0.161. The SMILES string of the molecule is CCOC1CCCN(C(=O)C2COCCN2)C1.Cl. The molecule has 2 fully saturated rings. The summed E-state index contributed by atoms with van der Waals surface area (Å²) in [6.07, 6.45) is 2.30. The second-order valence-electron chi connectivity index (χ2n) is 4.59. The number of hydrogen-bond acceptors (Lipinski definition) is 4. The van der Waals surface area contributed by atoms with Crippen LogP contribution in [0.15, 0.2) is 0 Å². The normalized spacial score (nSPS) is 28.6. The van der Waals surface area contributed by atoms with Gasteiger partial charge in [0.25, 0.3) is 0 Å². The number of amides is 1. The standard InChI is InChI=1S/C12H22N2O3.ClH/c1-2-17-10-4-3-6-14(8-10)12(15)11-9-16-7-5-13-11;/h10-11,13H,2-9H2,1H3;1H. The van der Waals surface area contributed by atoms with Crippen molar-refractivity contribution in [3.8, 4) is 0 Å². The minimum Gasteiger partial charge on any atom is -0.378 e. The molecule has 18 heavy (non-hydrogen) atoms. The average Bonchev–Trinajstić information content (AvgIpc) is 2.40. The molecule has 0 bridgehead atoms. The zero-order valence-corrected chi connectivity index (χ0v) is 11.7. The number of nitrogens with zero attached hydrogens (tertiary/aromatic N) is 1. The van der Waals surface area contributed by atoms with Crippen LogP contribution in [0.4, 0.5) is 0 Å². The maximum absolute atomic E-state index is 12.2. The van der Waals surface area contributed by atoms with Crippen molar-refractivity contribution in [3.63, 3.8) is 0 Å². The van der Waals surface area contributed by atoms with Gasteiger partial charge in [-0.1, -0.05) is 0 Å². The number of carbonyl (C=O) groups is 1. The Morgan fingerprint density at radius 2 is 2.39 bits per heavy atom. The molecule has 2 aliphatic heterocycles. The van der Waals surface area contributed by atoms with E-state index in [4.69, 9.17) is 9.47 Å². The van der Waals surface area contributed by atoms with E-state index in [1.807, 2.05) is 11.8 Å². The molecule has 0 aliphatic carbocycles. The van der Waals surface area contributed by atoms with Gasteiger partial charge in [-0.05, 0) is 19.8 Å². The van der Waals surface area contributed by atoms with Crippen LogP contribution in [-0.4, -0.2) is 62.4 Å². The van der Waals surface area contributed by atoms with Crippen molar-refractivity contribution in [1.29, 1.82) is 0 Å². The van der Waals surface area contributed by atoms with Crippen LogP contribution in [0.2, 0.25) is 0 Å². The molecule has 2 unspecified atom stereocenters. The van der Waals surface area contributed by atoms with E-state index in [9.17, 15) is 4.79 Å². The molecule has 6 heteroatoms. The van der Waals surface area contributed by atoms with E-state index in [-0.39, 0.29) is 30.5 Å². The van der Waals surface area contributed by atoms with Crippen LogP contribution in [0.3, 0.4) is 0 Å². The summed E-state index contributed by atoms with van der Waals surface area (Å²) in [7, 11) is 0. The number of likely N-dealkylation sites (tertiary alicyclic amines) is 1. The summed E-state index contributed by atoms with van der Waals surface area (Å²) in [6, 6.07) is -0.163. The monoisotopic (exact) mass is 278 g/mol. The molecule has 0 aromatic heterocycles. The topological polar surface area (TPSA) is 50.8 Å². The van der Waals surface area contributed by atoms with Gasteiger partial charge in [-0.15, -0.1) is 12.4 Å². The van der Waals surface area contributed by atoms with Gasteiger partial charge in [0.1, 0.15) is 6.04 Å². The summed E-state index contributed by atoms with van der Waals surface area (Å²) in [6.45, 7) is 6.25. The van der Waals surface area contributed by atoms with Gasteiger partial charge in [0.2, 0.25) is 5.91 Å². The Morgan fingerprint density at radius 1 is 1.56 bits per heavy atom. The molecular weight excluding hydrogens is 256 g/mol. The first kappa shape index (κ1) is 15.7. The molecule has 0 aromatic carbocycles. The Kier molecular flexibility index (Phi) is 6.92. The number of nitrogens with one attached hydrogen (secondary N) is 1. The minimum atomic E-state index is -0.163. The van der Waals surface area contributed by atoms with E-state index in [2.05, 4.69) is 5.32 Å². The lowest BCUT2D eigenvalue weighted by Gasteiger charge is -2.35. The summed E-state index contributed by atoms with van der Waals surface area (Å²) >= 11 is 0. The maximum Gasteiger partial charge on any atom is 0.242 e. The number of rotatable bonds is 3. The lowest BCUT2D eigenvalue weighted by molar-refractivity contribution is -0.140. The van der Waals surface area contributed by atoms with Gasteiger partial charge in [0, 0.05) is 26.2 Å². The Morgan fingerprint density at radius 3 is 3.06 bits per heavy atom. The predicted octanol–water partition coefficient (Wildman–Crippen LogP) is 0.424. The number of carbonyl (C=O) groups excluding carboxylic acids is 1. The third kappa shape index (κ3) is 4.09. The number of halogens is 1. The average molecular weight is 279 g/mol. The molecule has 2 saturated heterocycles. The molecule has 0 spiro atoms. The molecule has 2 aliphatic rings. The van der Waals surface area contributed by atoms with Crippen molar-refractivity contribution < 1.29 is 14.3 Å². The Bertz CT molecular complexity index is 258. The van der Waals surface area contributed by atoms with Crippen molar-refractivity contribution in [2.24, 2.45) is 0 Å². The lowest BCUT2D eigenvalue weighted by Crippen LogP contribution is -2.55. The van der Waals surface area contributed by atoms with Crippen LogP contribution in [0.1, 0.15) is 19.8 Å². The second kappa shape index (κ2) is 7.94. The fraction of sp³-hybridized carbons (Fsp3) is 0.917. The molecule has 0 aromatic rings. The first-order chi connectivity index (χ1) is 8.31. The molecule has 1 N–H and O–H groups in total. The molecule has 1 amide bonds. The number of morpholine rings is 1. The van der Waals surface area contributed by atoms with Gasteiger partial charge in [0.15, 0.2) is 0 Å². The van der Waals surface area contributed by atoms with Crippen LogP contribution in [-0.2, 0) is 14.3 Å². The van der Waals surface area contributed by atoms with E-state index in [1.54, 1.807) is 0 Å². The van der Waals surface area contributed by atoms with Gasteiger partial charge < -0.3 is 19.7 Å². The van der Waals surface area contributed by atoms with Gasteiger partial charge in [-0.2, -0.15) is 0 Å². The molecule has 2 atom stereocenters. The van der Waals surface area contributed by atoms with Crippen LogP contribution in [0.25, 0.3) is 0 Å². The van der Waals surface area contributed by atoms with E-state index in [0.717, 1.165) is 39.1 Å².